The molecule has 1 atom stereocenters. The molecule has 1 amide bonds. The maximum atomic E-state index is 13.1. The Hall–Kier alpha value is -2.69. The number of aromatic nitrogens is 3. The predicted octanol–water partition coefficient (Wildman–Crippen LogP) is 4.64. The number of ether oxygens (including phenoxy) is 1. The minimum Gasteiger partial charge on any atom is -0.477 e. The van der Waals surface area contributed by atoms with Crippen molar-refractivity contribution in [3.05, 3.63) is 53.4 Å². The minimum absolute atomic E-state index is 0.129. The van der Waals surface area contributed by atoms with Crippen LogP contribution in [0, 0.1) is 0 Å². The fraction of sp³-hybridized carbons (Fsp3) is 0.417. The first-order chi connectivity index (χ1) is 16.5. The molecule has 1 aromatic carbocycles. The molecule has 1 fully saturated rings. The van der Waals surface area contributed by atoms with Gasteiger partial charge in [-0.15, -0.1) is 11.3 Å². The van der Waals surface area contributed by atoms with Crippen LogP contribution in [-0.2, 0) is 0 Å². The molecule has 2 N–H and O–H groups in total. The Kier molecular flexibility index (Phi) is 8.36. The summed E-state index contributed by atoms with van der Waals surface area (Å²) in [5.41, 5.74) is 2.77. The maximum Gasteiger partial charge on any atom is 0.280 e. The first-order valence-corrected chi connectivity index (χ1v) is 13.1. The van der Waals surface area contributed by atoms with Crippen LogP contribution in [-0.4, -0.2) is 58.3 Å². The highest BCUT2D eigenvalue weighted by molar-refractivity contribution is 8.01. The van der Waals surface area contributed by atoms with Gasteiger partial charge in [-0.1, -0.05) is 12.1 Å². The van der Waals surface area contributed by atoms with E-state index in [1.165, 1.54) is 24.2 Å². The number of thiazole rings is 1. The van der Waals surface area contributed by atoms with E-state index in [1.807, 2.05) is 27.1 Å². The van der Waals surface area contributed by atoms with E-state index in [-0.39, 0.29) is 11.9 Å². The number of hydrogen-bond acceptors (Lipinski definition) is 9. The van der Waals surface area contributed by atoms with Gasteiger partial charge in [0.1, 0.15) is 5.69 Å². The topological polar surface area (TPSA) is 92.3 Å². The predicted molar refractivity (Wildman–Crippen MR) is 138 cm³/mol. The van der Waals surface area contributed by atoms with Gasteiger partial charge in [0.2, 0.25) is 5.88 Å². The molecule has 1 saturated carbocycles. The first-order valence-electron chi connectivity index (χ1n) is 11.4. The fourth-order valence-electron chi connectivity index (χ4n) is 3.27. The lowest BCUT2D eigenvalue weighted by Gasteiger charge is -2.21. The molecule has 0 radical (unpaired) electrons. The van der Waals surface area contributed by atoms with Crippen LogP contribution >= 0.6 is 23.3 Å². The van der Waals surface area contributed by atoms with E-state index in [2.05, 4.69) is 48.1 Å². The molecule has 8 nitrogen and oxygen atoms in total. The standard InChI is InChI=1S/C24H30N6O2S2/c1-4-32-22-15-25-13-20(27-22)21-14-26-24(33-21)23(31)28-19(10-11-30(2)3)16-6-5-7-17(12-16)29-34-18-8-9-18/h5-7,12-15,18-19,29H,4,8-11H2,1-3H3,(H,28,31). The average molecular weight is 499 g/mol. The molecule has 0 bridgehead atoms. The van der Waals surface area contributed by atoms with Crippen LogP contribution in [0.2, 0.25) is 0 Å². The quantitative estimate of drug-likeness (QED) is 0.349. The van der Waals surface area contributed by atoms with Gasteiger partial charge in [0.25, 0.3) is 5.91 Å². The monoisotopic (exact) mass is 498 g/mol. The number of rotatable bonds is 12. The molecule has 10 heteroatoms. The van der Waals surface area contributed by atoms with Crippen molar-refractivity contribution < 1.29 is 9.53 Å². The number of nitrogens with one attached hydrogen (secondary N) is 2. The van der Waals surface area contributed by atoms with E-state index in [4.69, 9.17) is 4.74 Å². The number of nitrogens with zero attached hydrogens (tertiary/aromatic N) is 4. The van der Waals surface area contributed by atoms with E-state index in [1.54, 1.807) is 30.5 Å². The number of carbonyl (C=O) groups is 1. The Labute approximate surface area is 208 Å². The summed E-state index contributed by atoms with van der Waals surface area (Å²) in [6.45, 7) is 3.26. The summed E-state index contributed by atoms with van der Waals surface area (Å²) in [6.07, 6.45) is 8.22. The summed E-state index contributed by atoms with van der Waals surface area (Å²) in [5, 5.41) is 4.30. The van der Waals surface area contributed by atoms with Crippen LogP contribution in [0.5, 0.6) is 5.88 Å². The van der Waals surface area contributed by atoms with Crippen molar-refractivity contribution in [2.45, 2.75) is 37.5 Å². The smallest absolute Gasteiger partial charge is 0.280 e. The molecule has 180 valence electrons. The van der Waals surface area contributed by atoms with Gasteiger partial charge in [-0.3, -0.25) is 9.78 Å². The van der Waals surface area contributed by atoms with Gasteiger partial charge in [-0.05, 0) is 76.5 Å². The zero-order valence-electron chi connectivity index (χ0n) is 19.7. The number of hydrogen-bond donors (Lipinski definition) is 2. The highest BCUT2D eigenvalue weighted by Crippen LogP contribution is 2.35. The van der Waals surface area contributed by atoms with Gasteiger partial charge >= 0.3 is 0 Å². The first kappa shape index (κ1) is 24.4. The lowest BCUT2D eigenvalue weighted by molar-refractivity contribution is 0.0932. The van der Waals surface area contributed by atoms with E-state index < -0.39 is 0 Å². The van der Waals surface area contributed by atoms with Gasteiger partial charge < -0.3 is 19.7 Å². The molecule has 4 rings (SSSR count). The molecule has 2 aromatic heterocycles. The third-order valence-electron chi connectivity index (χ3n) is 5.18. The molecular weight excluding hydrogens is 468 g/mol. The molecule has 34 heavy (non-hydrogen) atoms. The van der Waals surface area contributed by atoms with E-state index in [0.717, 1.165) is 29.1 Å². The van der Waals surface area contributed by atoms with E-state index >= 15 is 0 Å². The Bertz CT molecular complexity index is 1100. The van der Waals surface area contributed by atoms with E-state index in [9.17, 15) is 4.79 Å². The minimum atomic E-state index is -0.195. The van der Waals surface area contributed by atoms with Crippen LogP contribution in [0.25, 0.3) is 10.6 Å². The second kappa shape index (κ2) is 11.6. The summed E-state index contributed by atoms with van der Waals surface area (Å²) >= 11 is 3.07. The highest BCUT2D eigenvalue weighted by atomic mass is 32.2. The molecule has 1 unspecified atom stereocenters. The molecular formula is C24H30N6O2S2. The van der Waals surface area contributed by atoms with Crippen molar-refractivity contribution in [1.82, 2.24) is 25.2 Å². The number of anilines is 1. The number of benzene rings is 1. The lowest BCUT2D eigenvalue weighted by Crippen LogP contribution is -2.31. The van der Waals surface area contributed by atoms with Crippen LogP contribution in [0.4, 0.5) is 5.69 Å². The van der Waals surface area contributed by atoms with E-state index in [0.29, 0.717) is 28.4 Å². The molecule has 0 spiro atoms. The Morgan fingerprint density at radius 3 is 2.91 bits per heavy atom. The van der Waals surface area contributed by atoms with Crippen molar-refractivity contribution >= 4 is 34.9 Å². The van der Waals surface area contributed by atoms with Crippen LogP contribution in [0.15, 0.2) is 42.9 Å². The zero-order valence-corrected chi connectivity index (χ0v) is 21.3. The summed E-state index contributed by atoms with van der Waals surface area (Å²) in [6, 6.07) is 8.16. The SMILES string of the molecule is CCOc1cncc(-c2cnc(C(=O)NC(CCN(C)C)c3cccc(NSC4CC4)c3)s2)n1. The summed E-state index contributed by atoms with van der Waals surface area (Å²) in [4.78, 5) is 29.0. The third-order valence-corrected chi connectivity index (χ3v) is 7.36. The number of amides is 1. The van der Waals surface area contributed by atoms with Crippen LogP contribution in [0.1, 0.15) is 47.6 Å². The third kappa shape index (κ3) is 6.91. The molecule has 1 aliphatic rings. The Morgan fingerprint density at radius 1 is 1.29 bits per heavy atom. The largest absolute Gasteiger partial charge is 0.477 e. The van der Waals surface area contributed by atoms with Crippen molar-refractivity contribution in [2.75, 3.05) is 32.0 Å². The maximum absolute atomic E-state index is 13.1. The fourth-order valence-corrected chi connectivity index (χ4v) is 4.84. The Morgan fingerprint density at radius 2 is 2.15 bits per heavy atom. The van der Waals surface area contributed by atoms with Crippen molar-refractivity contribution in [3.8, 4) is 16.5 Å². The number of carbonyl (C=O) groups excluding carboxylic acids is 1. The molecule has 0 saturated heterocycles. The molecule has 3 aromatic rings. The second-order valence-corrected chi connectivity index (χ2v) is 10.5. The average Bonchev–Trinajstić information content (AvgIpc) is 3.54. The molecule has 2 heterocycles. The summed E-state index contributed by atoms with van der Waals surface area (Å²) in [5.74, 6) is 0.260. The summed E-state index contributed by atoms with van der Waals surface area (Å²) in [7, 11) is 4.07. The highest BCUT2D eigenvalue weighted by Gasteiger charge is 2.23. The van der Waals surface area contributed by atoms with Gasteiger partial charge in [0.05, 0.1) is 29.9 Å². The van der Waals surface area contributed by atoms with Gasteiger partial charge in [0.15, 0.2) is 5.01 Å². The van der Waals surface area contributed by atoms with Gasteiger partial charge in [-0.25, -0.2) is 9.97 Å². The van der Waals surface area contributed by atoms with Gasteiger partial charge in [0, 0.05) is 17.1 Å². The zero-order chi connectivity index (χ0) is 23.9. The normalized spacial score (nSPS) is 14.1. The second-order valence-electron chi connectivity index (χ2n) is 8.37. The van der Waals surface area contributed by atoms with Gasteiger partial charge in [-0.2, -0.15) is 0 Å². The molecule has 0 aliphatic heterocycles. The lowest BCUT2D eigenvalue weighted by atomic mass is 10.0. The summed E-state index contributed by atoms with van der Waals surface area (Å²) < 4.78 is 8.88. The van der Waals surface area contributed by atoms with Crippen molar-refractivity contribution in [2.24, 2.45) is 0 Å². The van der Waals surface area contributed by atoms with Crippen LogP contribution in [0.3, 0.4) is 0 Å². The van der Waals surface area contributed by atoms with Crippen molar-refractivity contribution in [1.29, 1.82) is 0 Å². The Balaban J connectivity index is 1.47. The van der Waals surface area contributed by atoms with Crippen molar-refractivity contribution in [3.63, 3.8) is 0 Å². The van der Waals surface area contributed by atoms with Crippen LogP contribution < -0.4 is 14.8 Å². The molecule has 1 aliphatic carbocycles.